The Hall–Kier alpha value is -3.31. The van der Waals surface area contributed by atoms with Gasteiger partial charge >= 0.3 is 0 Å². The molecule has 14 heteroatoms. The van der Waals surface area contributed by atoms with Gasteiger partial charge in [-0.1, -0.05) is 25.7 Å². The van der Waals surface area contributed by atoms with Crippen LogP contribution in [0.15, 0.2) is 12.1 Å². The molecule has 2 heterocycles. The highest BCUT2D eigenvalue weighted by atomic mass is 32.2. The van der Waals surface area contributed by atoms with Crippen LogP contribution in [0.2, 0.25) is 0 Å². The molecule has 4 fully saturated rings. The molecule has 1 spiro atoms. The van der Waals surface area contributed by atoms with E-state index in [1.807, 2.05) is 6.07 Å². The van der Waals surface area contributed by atoms with Gasteiger partial charge in [-0.3, -0.25) is 14.4 Å². The van der Waals surface area contributed by atoms with Crippen LogP contribution < -0.4 is 14.8 Å². The molecule has 4 atom stereocenters. The number of likely N-dealkylation sites (tertiary alicyclic amines) is 1. The molecule has 0 aromatic heterocycles. The van der Waals surface area contributed by atoms with Crippen LogP contribution in [0.3, 0.4) is 0 Å². The summed E-state index contributed by atoms with van der Waals surface area (Å²) >= 11 is 0. The lowest BCUT2D eigenvalue weighted by atomic mass is 9.97. The minimum atomic E-state index is -3.67. The number of fused-ring (bicyclic) bond motifs is 1. The first-order valence-electron chi connectivity index (χ1n) is 14.4. The molecule has 2 aliphatic heterocycles. The molecule has 0 bridgehead atoms. The fraction of sp³-hybridized carbons (Fsp3) is 0.643. The Morgan fingerprint density at radius 3 is 2.48 bits per heavy atom. The number of benzene rings is 1. The number of hydrogen-bond acceptors (Lipinski definition) is 7. The van der Waals surface area contributed by atoms with Crippen molar-refractivity contribution in [2.45, 2.75) is 86.8 Å². The average molecular weight is 606 g/mol. The number of amides is 3. The molecule has 1 aromatic carbocycles. The standard InChI is InChI=1S/C28H33F2N5O6S/c1-34(25(36)21(8-15-2-3-15)33-42(39,40)19-6-7-19)22(9-16-4-5-16)26(37)35-14-28(12-18(35)13-31)27(38)32-24-20(30)10-17(29)11-23(24)41-28/h10-11,15-16,18-19,21-22,33H,2-9,12,14H2,1H3,(H,32,38)/t18-,21?,22?,28+/m0/s1. The van der Waals surface area contributed by atoms with Crippen LogP contribution >= 0.6 is 0 Å². The van der Waals surface area contributed by atoms with E-state index in [0.29, 0.717) is 31.7 Å². The fourth-order valence-corrected chi connectivity index (χ4v) is 7.48. The summed E-state index contributed by atoms with van der Waals surface area (Å²) in [6.45, 7) is -0.365. The Morgan fingerprint density at radius 2 is 1.86 bits per heavy atom. The van der Waals surface area contributed by atoms with Crippen molar-refractivity contribution >= 4 is 33.4 Å². The number of carbonyl (C=O) groups is 3. The van der Waals surface area contributed by atoms with Gasteiger partial charge in [-0.2, -0.15) is 5.26 Å². The van der Waals surface area contributed by atoms with Gasteiger partial charge in [0.25, 0.3) is 5.91 Å². The van der Waals surface area contributed by atoms with Crippen LogP contribution in [-0.2, 0) is 24.4 Å². The number of sulfonamides is 1. The Kier molecular flexibility index (Phi) is 7.16. The number of likely N-dealkylation sites (N-methyl/N-ethyl adjacent to an activating group) is 1. The van der Waals surface area contributed by atoms with Gasteiger partial charge < -0.3 is 19.9 Å². The monoisotopic (exact) mass is 605 g/mol. The van der Waals surface area contributed by atoms with E-state index < -0.39 is 68.4 Å². The van der Waals surface area contributed by atoms with E-state index in [1.165, 1.54) is 16.8 Å². The molecule has 42 heavy (non-hydrogen) atoms. The third kappa shape index (κ3) is 5.56. The van der Waals surface area contributed by atoms with Gasteiger partial charge in [0.15, 0.2) is 11.6 Å². The summed E-state index contributed by atoms with van der Waals surface area (Å²) in [7, 11) is -2.20. The van der Waals surface area contributed by atoms with Crippen LogP contribution in [0, 0.1) is 34.8 Å². The molecule has 1 aromatic rings. The molecular weight excluding hydrogens is 572 g/mol. The van der Waals surface area contributed by atoms with E-state index in [1.54, 1.807) is 0 Å². The Balaban J connectivity index is 1.25. The van der Waals surface area contributed by atoms with Crippen LogP contribution in [0.25, 0.3) is 0 Å². The van der Waals surface area contributed by atoms with Gasteiger partial charge in [-0.15, -0.1) is 0 Å². The van der Waals surface area contributed by atoms with E-state index in [0.717, 1.165) is 31.7 Å². The van der Waals surface area contributed by atoms with Crippen molar-refractivity contribution in [1.82, 2.24) is 14.5 Å². The van der Waals surface area contributed by atoms with Gasteiger partial charge in [-0.05, 0) is 37.5 Å². The molecule has 2 unspecified atom stereocenters. The quantitative estimate of drug-likeness (QED) is 0.415. The van der Waals surface area contributed by atoms with E-state index >= 15 is 0 Å². The molecule has 5 aliphatic rings. The molecule has 6 rings (SSSR count). The molecule has 3 saturated carbocycles. The van der Waals surface area contributed by atoms with Crippen molar-refractivity contribution < 1.29 is 36.3 Å². The summed E-state index contributed by atoms with van der Waals surface area (Å²) in [5.74, 6) is -3.61. The maximum Gasteiger partial charge on any atom is 0.270 e. The van der Waals surface area contributed by atoms with Gasteiger partial charge in [0.2, 0.25) is 27.4 Å². The summed E-state index contributed by atoms with van der Waals surface area (Å²) in [5, 5.41) is 11.9. The van der Waals surface area contributed by atoms with Crippen molar-refractivity contribution in [3.63, 3.8) is 0 Å². The highest BCUT2D eigenvalue weighted by molar-refractivity contribution is 7.90. The van der Waals surface area contributed by atoms with Gasteiger partial charge in [0, 0.05) is 25.6 Å². The number of halogens is 2. The van der Waals surface area contributed by atoms with Crippen molar-refractivity contribution in [1.29, 1.82) is 5.26 Å². The van der Waals surface area contributed by atoms with Crippen molar-refractivity contribution in [2.24, 2.45) is 11.8 Å². The highest BCUT2D eigenvalue weighted by Gasteiger charge is 2.57. The lowest BCUT2D eigenvalue weighted by molar-refractivity contribution is -0.147. The predicted octanol–water partition coefficient (Wildman–Crippen LogP) is 2.04. The molecule has 226 valence electrons. The van der Waals surface area contributed by atoms with Crippen molar-refractivity contribution in [3.8, 4) is 11.8 Å². The summed E-state index contributed by atoms with van der Waals surface area (Å²) in [6.07, 6.45) is 5.07. The summed E-state index contributed by atoms with van der Waals surface area (Å²) in [4.78, 5) is 43.5. The Morgan fingerprint density at radius 1 is 1.19 bits per heavy atom. The fourth-order valence-electron chi connectivity index (χ4n) is 5.94. The molecule has 2 N–H and O–H groups in total. The minimum Gasteiger partial charge on any atom is -0.473 e. The molecule has 0 radical (unpaired) electrons. The maximum atomic E-state index is 14.3. The topological polar surface area (TPSA) is 149 Å². The molecule has 3 amide bonds. The highest BCUT2D eigenvalue weighted by Crippen LogP contribution is 2.43. The summed E-state index contributed by atoms with van der Waals surface area (Å²) in [6, 6.07) is 0.456. The van der Waals surface area contributed by atoms with Crippen LogP contribution in [0.1, 0.15) is 57.8 Å². The number of hydrogen-bond donors (Lipinski definition) is 2. The smallest absolute Gasteiger partial charge is 0.270 e. The molecule has 11 nitrogen and oxygen atoms in total. The van der Waals surface area contributed by atoms with Crippen molar-refractivity contribution in [3.05, 3.63) is 23.8 Å². The average Bonchev–Trinajstić information content (AvgIpc) is 3.77. The Bertz CT molecular complexity index is 1470. The van der Waals surface area contributed by atoms with E-state index in [2.05, 4.69) is 10.0 Å². The van der Waals surface area contributed by atoms with Crippen molar-refractivity contribution in [2.75, 3.05) is 18.9 Å². The van der Waals surface area contributed by atoms with E-state index in [4.69, 9.17) is 4.74 Å². The van der Waals surface area contributed by atoms with Crippen LogP contribution in [0.4, 0.5) is 14.5 Å². The molecule has 3 aliphatic carbocycles. The largest absolute Gasteiger partial charge is 0.473 e. The second-order valence-electron chi connectivity index (χ2n) is 12.4. The first-order chi connectivity index (χ1) is 19.9. The molecule has 1 saturated heterocycles. The first-order valence-corrected chi connectivity index (χ1v) is 15.9. The number of rotatable bonds is 10. The van der Waals surface area contributed by atoms with Gasteiger partial charge in [0.05, 0.1) is 17.9 Å². The maximum absolute atomic E-state index is 14.3. The summed E-state index contributed by atoms with van der Waals surface area (Å²) in [5.41, 5.74) is -2.08. The van der Waals surface area contributed by atoms with E-state index in [9.17, 15) is 36.8 Å². The minimum absolute atomic E-state index is 0.184. The van der Waals surface area contributed by atoms with Crippen LogP contribution in [0.5, 0.6) is 5.75 Å². The van der Waals surface area contributed by atoms with Gasteiger partial charge in [-0.25, -0.2) is 21.9 Å². The number of nitriles is 1. The number of ether oxygens (including phenoxy) is 1. The first kappa shape index (κ1) is 28.8. The SMILES string of the molecule is CN(C(=O)C(CC1CC1)NS(=O)(=O)C1CC1)C(CC1CC1)C(=O)N1C[C@@]2(C[C@H]1C#N)Oc1cc(F)cc(F)c1NC2=O. The van der Waals surface area contributed by atoms with Gasteiger partial charge in [0.1, 0.15) is 29.6 Å². The lowest BCUT2D eigenvalue weighted by Gasteiger charge is -2.36. The molecular formula is C28H33F2N5O6S. The zero-order valence-electron chi connectivity index (χ0n) is 23.1. The zero-order valence-corrected chi connectivity index (χ0v) is 24.0. The number of carbonyl (C=O) groups excluding carboxylic acids is 3. The Labute approximate surface area is 242 Å². The third-order valence-corrected chi connectivity index (χ3v) is 10.9. The van der Waals surface area contributed by atoms with Crippen LogP contribution in [-0.4, -0.2) is 78.5 Å². The zero-order chi connectivity index (χ0) is 30.0. The number of nitrogens with zero attached hydrogens (tertiary/aromatic N) is 3. The second-order valence-corrected chi connectivity index (χ2v) is 14.4. The number of nitrogens with one attached hydrogen (secondary N) is 2. The normalized spacial score (nSPS) is 26.6. The third-order valence-electron chi connectivity index (χ3n) is 8.92. The summed E-state index contributed by atoms with van der Waals surface area (Å²) < 4.78 is 62.2. The van der Waals surface area contributed by atoms with E-state index in [-0.39, 0.29) is 36.2 Å². The number of anilines is 1. The predicted molar refractivity (Wildman–Crippen MR) is 144 cm³/mol. The second kappa shape index (κ2) is 10.4. The lowest BCUT2D eigenvalue weighted by Crippen LogP contribution is -2.57.